The largest absolute Gasteiger partial charge is 0.456 e. The Morgan fingerprint density at radius 2 is 1.69 bits per heavy atom. The standard InChI is InChI=1S/C22H14ClF3N2O7/c23-17-10-14(22(24,25)26)6-9-20(17)35-15-7-8-18(27(30)31)16(11-15)21(29)34-12-19(28(32)33)13-4-2-1-3-5-13/h1-11,19H,12H2. The molecule has 0 aromatic heterocycles. The predicted octanol–water partition coefficient (Wildman–Crippen LogP) is 6.23. The summed E-state index contributed by atoms with van der Waals surface area (Å²) in [6, 6.07) is 11.6. The molecule has 35 heavy (non-hydrogen) atoms. The molecule has 1 atom stereocenters. The maximum Gasteiger partial charge on any atom is 0.416 e. The topological polar surface area (TPSA) is 122 Å². The molecule has 1 unspecified atom stereocenters. The van der Waals surface area contributed by atoms with Gasteiger partial charge in [-0.3, -0.25) is 20.2 Å². The highest BCUT2D eigenvalue weighted by Gasteiger charge is 2.31. The van der Waals surface area contributed by atoms with Crippen LogP contribution in [0.15, 0.2) is 66.7 Å². The minimum atomic E-state index is -4.63. The number of alkyl halides is 3. The lowest BCUT2D eigenvalue weighted by Gasteiger charge is -2.13. The van der Waals surface area contributed by atoms with Gasteiger partial charge in [0.2, 0.25) is 0 Å². The number of halogens is 4. The summed E-state index contributed by atoms with van der Waals surface area (Å²) in [5.74, 6) is -1.60. The number of benzene rings is 3. The average molecular weight is 511 g/mol. The van der Waals surface area contributed by atoms with E-state index in [-0.39, 0.29) is 22.1 Å². The van der Waals surface area contributed by atoms with Crippen molar-refractivity contribution in [2.24, 2.45) is 0 Å². The Labute approximate surface area is 199 Å². The molecule has 0 saturated carbocycles. The fraction of sp³-hybridized carbons (Fsp3) is 0.136. The van der Waals surface area contributed by atoms with Gasteiger partial charge < -0.3 is 9.47 Å². The van der Waals surface area contributed by atoms with E-state index < -0.39 is 51.5 Å². The van der Waals surface area contributed by atoms with E-state index in [4.69, 9.17) is 21.1 Å². The maximum absolute atomic E-state index is 12.8. The van der Waals surface area contributed by atoms with Gasteiger partial charge in [0.1, 0.15) is 17.1 Å². The summed E-state index contributed by atoms with van der Waals surface area (Å²) < 4.78 is 48.8. The lowest BCUT2D eigenvalue weighted by molar-refractivity contribution is -0.531. The number of ether oxygens (including phenoxy) is 2. The van der Waals surface area contributed by atoms with Crippen molar-refractivity contribution in [3.63, 3.8) is 0 Å². The van der Waals surface area contributed by atoms with Crippen LogP contribution in [0.2, 0.25) is 5.02 Å². The average Bonchev–Trinajstić information content (AvgIpc) is 2.80. The monoisotopic (exact) mass is 510 g/mol. The lowest BCUT2D eigenvalue weighted by Crippen LogP contribution is -2.20. The van der Waals surface area contributed by atoms with Crippen LogP contribution in [-0.2, 0) is 10.9 Å². The zero-order valence-electron chi connectivity index (χ0n) is 17.4. The molecule has 9 nitrogen and oxygen atoms in total. The highest BCUT2D eigenvalue weighted by atomic mass is 35.5. The van der Waals surface area contributed by atoms with E-state index in [0.717, 1.165) is 30.3 Å². The Balaban J connectivity index is 1.84. The molecule has 0 spiro atoms. The number of nitro groups is 2. The van der Waals surface area contributed by atoms with Crippen molar-refractivity contribution in [2.45, 2.75) is 12.2 Å². The van der Waals surface area contributed by atoms with Crippen molar-refractivity contribution in [1.82, 2.24) is 0 Å². The van der Waals surface area contributed by atoms with E-state index in [9.17, 15) is 38.2 Å². The van der Waals surface area contributed by atoms with Crippen LogP contribution < -0.4 is 4.74 Å². The fourth-order valence-corrected chi connectivity index (χ4v) is 3.19. The van der Waals surface area contributed by atoms with Crippen molar-refractivity contribution >= 4 is 23.3 Å². The Bertz CT molecular complexity index is 1270. The van der Waals surface area contributed by atoms with Gasteiger partial charge in [-0.1, -0.05) is 41.9 Å². The highest BCUT2D eigenvalue weighted by Crippen LogP contribution is 2.37. The normalized spacial score (nSPS) is 12.0. The fourth-order valence-electron chi connectivity index (χ4n) is 2.97. The van der Waals surface area contributed by atoms with Crippen LogP contribution in [0.3, 0.4) is 0 Å². The maximum atomic E-state index is 12.8. The number of carbonyl (C=O) groups excluding carboxylic acids is 1. The van der Waals surface area contributed by atoms with E-state index in [0.29, 0.717) is 6.07 Å². The van der Waals surface area contributed by atoms with Gasteiger partial charge in [-0.25, -0.2) is 4.79 Å². The lowest BCUT2D eigenvalue weighted by atomic mass is 10.1. The summed E-state index contributed by atoms with van der Waals surface area (Å²) >= 11 is 5.85. The van der Waals surface area contributed by atoms with Gasteiger partial charge in [-0.2, -0.15) is 13.2 Å². The van der Waals surface area contributed by atoms with E-state index >= 15 is 0 Å². The zero-order chi connectivity index (χ0) is 25.8. The SMILES string of the molecule is O=C(OCC(c1ccccc1)[N+](=O)[O-])c1cc(Oc2ccc(C(F)(F)F)cc2Cl)ccc1[N+](=O)[O-]. The van der Waals surface area contributed by atoms with Gasteiger partial charge in [-0.15, -0.1) is 0 Å². The molecular weight excluding hydrogens is 497 g/mol. The minimum Gasteiger partial charge on any atom is -0.456 e. The summed E-state index contributed by atoms with van der Waals surface area (Å²) in [5, 5.41) is 22.4. The van der Waals surface area contributed by atoms with Gasteiger partial charge in [-0.05, 0) is 24.3 Å². The molecule has 0 aliphatic carbocycles. The van der Waals surface area contributed by atoms with Crippen LogP contribution in [0, 0.1) is 20.2 Å². The smallest absolute Gasteiger partial charge is 0.416 e. The number of nitrogens with zero attached hydrogens (tertiary/aromatic N) is 2. The third-order valence-corrected chi connectivity index (χ3v) is 4.98. The minimum absolute atomic E-state index is 0.168. The Morgan fingerprint density at radius 3 is 2.26 bits per heavy atom. The van der Waals surface area contributed by atoms with E-state index in [1.54, 1.807) is 18.2 Å². The first-order valence-electron chi connectivity index (χ1n) is 9.66. The van der Waals surface area contributed by atoms with Gasteiger partial charge in [0, 0.05) is 22.6 Å². The second-order valence-corrected chi connectivity index (χ2v) is 7.40. The first-order chi connectivity index (χ1) is 16.5. The van der Waals surface area contributed by atoms with Crippen molar-refractivity contribution < 1.29 is 37.3 Å². The molecule has 0 N–H and O–H groups in total. The molecule has 0 aliphatic heterocycles. The number of carbonyl (C=O) groups is 1. The molecule has 3 aromatic carbocycles. The molecule has 3 rings (SSSR count). The first-order valence-corrected chi connectivity index (χ1v) is 10.0. The molecule has 0 amide bonds. The molecular formula is C22H14ClF3N2O7. The summed E-state index contributed by atoms with van der Waals surface area (Å²) in [6.45, 7) is -0.706. The molecule has 0 bridgehead atoms. The van der Waals surface area contributed by atoms with Crippen LogP contribution in [0.5, 0.6) is 11.5 Å². The number of esters is 1. The van der Waals surface area contributed by atoms with Crippen molar-refractivity contribution in [3.8, 4) is 11.5 Å². The van der Waals surface area contributed by atoms with Crippen molar-refractivity contribution in [1.29, 1.82) is 0 Å². The summed E-state index contributed by atoms with van der Waals surface area (Å²) in [5.41, 5.74) is -2.00. The molecule has 182 valence electrons. The quantitative estimate of drug-likeness (QED) is 0.200. The zero-order valence-corrected chi connectivity index (χ0v) is 18.2. The van der Waals surface area contributed by atoms with Crippen molar-refractivity contribution in [3.05, 3.63) is 109 Å². The Hall–Kier alpha value is -4.19. The van der Waals surface area contributed by atoms with Crippen LogP contribution in [0.1, 0.15) is 27.5 Å². The molecule has 0 aliphatic rings. The van der Waals surface area contributed by atoms with E-state index in [1.165, 1.54) is 12.1 Å². The highest BCUT2D eigenvalue weighted by molar-refractivity contribution is 6.32. The molecule has 3 aromatic rings. The molecule has 0 radical (unpaired) electrons. The van der Waals surface area contributed by atoms with Crippen LogP contribution in [0.25, 0.3) is 0 Å². The Morgan fingerprint density at radius 1 is 1.00 bits per heavy atom. The van der Waals surface area contributed by atoms with Crippen LogP contribution in [0.4, 0.5) is 18.9 Å². The third kappa shape index (κ3) is 6.23. The van der Waals surface area contributed by atoms with E-state index in [1.807, 2.05) is 0 Å². The third-order valence-electron chi connectivity index (χ3n) is 4.68. The van der Waals surface area contributed by atoms with Gasteiger partial charge >= 0.3 is 12.1 Å². The summed E-state index contributed by atoms with van der Waals surface area (Å²) in [4.78, 5) is 33.8. The molecule has 13 heteroatoms. The van der Waals surface area contributed by atoms with Gasteiger partial charge in [0.25, 0.3) is 11.7 Å². The predicted molar refractivity (Wildman–Crippen MR) is 116 cm³/mol. The van der Waals surface area contributed by atoms with E-state index in [2.05, 4.69) is 0 Å². The number of rotatable bonds is 8. The van der Waals surface area contributed by atoms with Gasteiger partial charge in [0.15, 0.2) is 6.61 Å². The summed E-state index contributed by atoms with van der Waals surface area (Å²) in [7, 11) is 0. The van der Waals surface area contributed by atoms with Gasteiger partial charge in [0.05, 0.1) is 15.5 Å². The number of nitro benzene ring substituents is 1. The second kappa shape index (κ2) is 10.4. The second-order valence-electron chi connectivity index (χ2n) is 6.99. The Kier molecular flexibility index (Phi) is 7.55. The van der Waals surface area contributed by atoms with Crippen molar-refractivity contribution in [2.75, 3.05) is 6.61 Å². The number of hydrogen-bond acceptors (Lipinski definition) is 7. The first kappa shape index (κ1) is 25.4. The molecule has 0 saturated heterocycles. The summed E-state index contributed by atoms with van der Waals surface area (Å²) in [6.07, 6.45) is -4.63. The molecule has 0 fully saturated rings. The van der Waals surface area contributed by atoms with Crippen LogP contribution >= 0.6 is 11.6 Å². The molecule has 0 heterocycles. The number of hydrogen-bond donors (Lipinski definition) is 0. The van der Waals surface area contributed by atoms with Crippen LogP contribution in [-0.4, -0.2) is 22.4 Å².